The Balaban J connectivity index is 1.73. The second-order valence-electron chi connectivity index (χ2n) is 6.64. The molecule has 0 unspecified atom stereocenters. The number of nitrogens with two attached hydrogens (primary N) is 1. The first kappa shape index (κ1) is 18.5. The zero-order valence-electron chi connectivity index (χ0n) is 15.4. The summed E-state index contributed by atoms with van der Waals surface area (Å²) in [5, 5.41) is 0. The van der Waals surface area contributed by atoms with E-state index >= 15 is 0 Å². The summed E-state index contributed by atoms with van der Waals surface area (Å²) in [6.45, 7) is 2.03. The topological polar surface area (TPSA) is 64.0 Å². The third-order valence-electron chi connectivity index (χ3n) is 4.61. The molecule has 0 spiro atoms. The fourth-order valence-electron chi connectivity index (χ4n) is 3.14. The van der Waals surface area contributed by atoms with Crippen molar-refractivity contribution < 1.29 is 14.3 Å². The minimum Gasteiger partial charge on any atom is -0.285 e. The molecule has 0 aliphatic rings. The van der Waals surface area contributed by atoms with Gasteiger partial charge in [-0.1, -0.05) is 59.3 Å². The average molecular weight is 359 g/mol. The summed E-state index contributed by atoms with van der Waals surface area (Å²) in [5.74, 6) is 5.04. The molecule has 0 radical (unpaired) electrons. The number of Topliss-reactive ketones (excluding diaryl/α,β-unsaturated/α-hetero) is 2. The normalized spacial score (nSPS) is 10.6. The number of ketones is 2. The van der Waals surface area contributed by atoms with Crippen molar-refractivity contribution in [2.75, 3.05) is 5.84 Å². The Morgan fingerprint density at radius 1 is 0.889 bits per heavy atom. The van der Waals surface area contributed by atoms with E-state index in [4.69, 9.17) is 5.84 Å². The lowest BCUT2D eigenvalue weighted by Gasteiger charge is -2.08. The molecular weight excluding hydrogens is 336 g/mol. The highest BCUT2D eigenvalue weighted by Gasteiger charge is 2.20. The molecule has 0 aliphatic carbocycles. The van der Waals surface area contributed by atoms with Gasteiger partial charge in [-0.15, -0.1) is 0 Å². The first-order chi connectivity index (χ1) is 13.1. The Morgan fingerprint density at radius 3 is 2.37 bits per heavy atom. The van der Waals surface area contributed by atoms with Gasteiger partial charge in [-0.05, 0) is 30.9 Å². The number of carbonyl (C=O) groups excluding carboxylic acids is 2. The van der Waals surface area contributed by atoms with Gasteiger partial charge in [0.1, 0.15) is 0 Å². The van der Waals surface area contributed by atoms with Gasteiger partial charge < -0.3 is 0 Å². The van der Waals surface area contributed by atoms with E-state index in [1.165, 1.54) is 0 Å². The minimum absolute atomic E-state index is 0.418. The summed E-state index contributed by atoms with van der Waals surface area (Å²) in [6, 6.07) is 20.0. The largest absolute Gasteiger partial charge is 0.285 e. The molecule has 4 nitrogen and oxygen atoms in total. The third-order valence-corrected chi connectivity index (χ3v) is 4.61. The summed E-state index contributed by atoms with van der Waals surface area (Å²) in [5.41, 5.74) is 4.00. The van der Waals surface area contributed by atoms with E-state index in [9.17, 15) is 9.59 Å². The van der Waals surface area contributed by atoms with Crippen LogP contribution in [-0.2, 0) is 12.8 Å². The van der Waals surface area contributed by atoms with Gasteiger partial charge in [-0.2, -0.15) is 0 Å². The Labute approximate surface area is 159 Å². The van der Waals surface area contributed by atoms with Crippen molar-refractivity contribution in [3.05, 3.63) is 101 Å². The molecule has 136 valence electrons. The molecule has 4 heteroatoms. The summed E-state index contributed by atoms with van der Waals surface area (Å²) in [4.78, 5) is 25.2. The van der Waals surface area contributed by atoms with Gasteiger partial charge in [-0.25, -0.2) is 5.84 Å². The number of aromatic nitrogens is 1. The van der Waals surface area contributed by atoms with Gasteiger partial charge in [0, 0.05) is 29.7 Å². The van der Waals surface area contributed by atoms with Crippen LogP contribution in [0.5, 0.6) is 0 Å². The Kier molecular flexibility index (Phi) is 5.77. The van der Waals surface area contributed by atoms with Gasteiger partial charge in [0.15, 0.2) is 6.20 Å². The zero-order valence-corrected chi connectivity index (χ0v) is 15.4. The molecule has 0 bridgehead atoms. The zero-order chi connectivity index (χ0) is 19.2. The van der Waals surface area contributed by atoms with Crippen LogP contribution in [0.15, 0.2) is 72.9 Å². The summed E-state index contributed by atoms with van der Waals surface area (Å²) in [6.07, 6.45) is 4.19. The van der Waals surface area contributed by atoms with Crippen molar-refractivity contribution in [2.45, 2.75) is 26.2 Å². The van der Waals surface area contributed by atoms with Gasteiger partial charge in [0.25, 0.3) is 0 Å². The molecule has 27 heavy (non-hydrogen) atoms. The summed E-state index contributed by atoms with van der Waals surface area (Å²) < 4.78 is 1.63. The van der Waals surface area contributed by atoms with Crippen molar-refractivity contribution >= 4 is 11.6 Å². The third kappa shape index (κ3) is 4.47. The molecule has 0 fully saturated rings. The number of hydrogen-bond acceptors (Lipinski definition) is 3. The lowest BCUT2D eigenvalue weighted by atomic mass is 9.94. The maximum atomic E-state index is 12.7. The van der Waals surface area contributed by atoms with Crippen LogP contribution in [0.2, 0.25) is 0 Å². The predicted molar refractivity (Wildman–Crippen MR) is 105 cm³/mol. The molecule has 0 saturated carbocycles. The van der Waals surface area contributed by atoms with Gasteiger partial charge in [0.2, 0.25) is 17.3 Å². The highest BCUT2D eigenvalue weighted by atomic mass is 16.2. The second kappa shape index (κ2) is 8.41. The fraction of sp³-hybridized carbons (Fsp3) is 0.174. The quantitative estimate of drug-likeness (QED) is 0.305. The molecular formula is C23H23N2O2+. The first-order valence-corrected chi connectivity index (χ1v) is 9.04. The maximum Gasteiger partial charge on any atom is 0.233 e. The number of benzene rings is 2. The Morgan fingerprint density at radius 2 is 1.59 bits per heavy atom. The summed E-state index contributed by atoms with van der Waals surface area (Å²) in [7, 11) is 0. The van der Waals surface area contributed by atoms with E-state index in [2.05, 4.69) is 6.07 Å². The van der Waals surface area contributed by atoms with Crippen LogP contribution in [-0.4, -0.2) is 11.6 Å². The second-order valence-corrected chi connectivity index (χ2v) is 6.64. The molecule has 0 saturated heterocycles. The molecule has 0 amide bonds. The van der Waals surface area contributed by atoms with E-state index in [1.807, 2.05) is 37.4 Å². The lowest BCUT2D eigenvalue weighted by Crippen LogP contribution is -2.47. The van der Waals surface area contributed by atoms with E-state index in [0.717, 1.165) is 29.7 Å². The first-order valence-electron chi connectivity index (χ1n) is 9.04. The molecule has 1 aromatic heterocycles. The van der Waals surface area contributed by atoms with E-state index in [0.29, 0.717) is 17.5 Å². The number of rotatable bonds is 7. The van der Waals surface area contributed by atoms with Crippen LogP contribution in [0, 0.1) is 6.92 Å². The molecule has 1 heterocycles. The number of aryl methyl sites for hydroxylation is 3. The molecule has 3 rings (SSSR count). The molecule has 0 atom stereocenters. The maximum absolute atomic E-state index is 12.7. The molecule has 0 aliphatic heterocycles. The Hall–Kier alpha value is -3.27. The monoisotopic (exact) mass is 359 g/mol. The Bertz CT molecular complexity index is 965. The van der Waals surface area contributed by atoms with E-state index in [1.54, 1.807) is 41.1 Å². The van der Waals surface area contributed by atoms with Crippen molar-refractivity contribution in [1.29, 1.82) is 0 Å². The van der Waals surface area contributed by atoms with Crippen LogP contribution >= 0.6 is 0 Å². The van der Waals surface area contributed by atoms with Gasteiger partial charge in [-0.3, -0.25) is 9.59 Å². The van der Waals surface area contributed by atoms with Crippen molar-refractivity contribution in [2.24, 2.45) is 0 Å². The molecule has 2 N–H and O–H groups in total. The van der Waals surface area contributed by atoms with Crippen LogP contribution in [0.4, 0.5) is 0 Å². The lowest BCUT2D eigenvalue weighted by molar-refractivity contribution is -0.647. The number of nitrogens with zero attached hydrogens (tertiary/aromatic N) is 1. The van der Waals surface area contributed by atoms with Crippen molar-refractivity contribution in [3.63, 3.8) is 0 Å². The number of carbonyl (C=O) groups is 2. The van der Waals surface area contributed by atoms with Crippen LogP contribution in [0.1, 0.15) is 44.0 Å². The van der Waals surface area contributed by atoms with E-state index < -0.39 is 11.6 Å². The number of nitrogen functional groups attached to an aromatic ring is 1. The average Bonchev–Trinajstić information content (AvgIpc) is 2.70. The highest BCUT2D eigenvalue weighted by molar-refractivity contribution is 6.49. The minimum atomic E-state index is -0.471. The SMILES string of the molecule is Cc1cc[n+](N)c(CCCc2ccccc2C(=O)C(=O)c2ccccc2)c1. The summed E-state index contributed by atoms with van der Waals surface area (Å²) >= 11 is 0. The fourth-order valence-corrected chi connectivity index (χ4v) is 3.14. The van der Waals surface area contributed by atoms with Crippen LogP contribution in [0.3, 0.4) is 0 Å². The predicted octanol–water partition coefficient (Wildman–Crippen LogP) is 3.24. The number of pyridine rings is 1. The van der Waals surface area contributed by atoms with Crippen molar-refractivity contribution in [3.8, 4) is 0 Å². The number of hydrogen-bond donors (Lipinski definition) is 1. The smallest absolute Gasteiger partial charge is 0.233 e. The van der Waals surface area contributed by atoms with Gasteiger partial charge in [0.05, 0.1) is 0 Å². The van der Waals surface area contributed by atoms with Crippen LogP contribution in [0.25, 0.3) is 0 Å². The molecule has 3 aromatic rings. The standard InChI is InChI=1S/C23H23N2O2/c1-17-14-15-25(24)20(16-17)12-7-11-18-8-5-6-13-21(18)23(27)22(26)19-9-3-2-4-10-19/h2-6,8-10,13-16H,7,11-12,24H2,1H3/q+1. The van der Waals surface area contributed by atoms with Crippen molar-refractivity contribution in [1.82, 2.24) is 0 Å². The van der Waals surface area contributed by atoms with Crippen LogP contribution < -0.4 is 10.5 Å². The van der Waals surface area contributed by atoms with E-state index in [-0.39, 0.29) is 0 Å². The molecule has 2 aromatic carbocycles. The van der Waals surface area contributed by atoms with Gasteiger partial charge >= 0.3 is 0 Å². The highest BCUT2D eigenvalue weighted by Crippen LogP contribution is 2.16.